The molecule has 3 saturated carbocycles. The highest BCUT2D eigenvalue weighted by atomic mass is 16.6. The molecule has 0 spiro atoms. The van der Waals surface area contributed by atoms with Gasteiger partial charge < -0.3 is 10.5 Å². The Balaban J connectivity index is 0.000000288. The van der Waals surface area contributed by atoms with E-state index in [4.69, 9.17) is 10.5 Å². The number of nitro groups is 1. The molecule has 4 rings (SSSR count). The van der Waals surface area contributed by atoms with Crippen LogP contribution in [0.3, 0.4) is 0 Å². The average Bonchev–Trinajstić information content (AvgIpc) is 3.23. The van der Waals surface area contributed by atoms with Crippen molar-refractivity contribution in [3.8, 4) is 0 Å². The van der Waals surface area contributed by atoms with E-state index in [1.807, 2.05) is 13.8 Å². The van der Waals surface area contributed by atoms with Crippen LogP contribution in [0.2, 0.25) is 0 Å². The zero-order chi connectivity index (χ0) is 28.7. The van der Waals surface area contributed by atoms with E-state index in [2.05, 4.69) is 34.6 Å². The summed E-state index contributed by atoms with van der Waals surface area (Å²) in [5.74, 6) is 3.40. The zero-order valence-electron chi connectivity index (χ0n) is 24.9. The highest BCUT2D eigenvalue weighted by Crippen LogP contribution is 2.66. The van der Waals surface area contributed by atoms with Crippen molar-refractivity contribution in [2.45, 2.75) is 113 Å². The van der Waals surface area contributed by atoms with Gasteiger partial charge in [-0.2, -0.15) is 0 Å². The van der Waals surface area contributed by atoms with Crippen LogP contribution in [0, 0.1) is 55.9 Å². The number of rotatable bonds is 7. The molecule has 2 N–H and O–H groups in total. The second-order valence-electron chi connectivity index (χ2n) is 12.2. The van der Waals surface area contributed by atoms with E-state index >= 15 is 0 Å². The topological polar surface area (TPSA) is 104 Å². The number of hydrogen-bond acceptors (Lipinski definition) is 4. The minimum atomic E-state index is -0.950. The smallest absolute Gasteiger partial charge is 0.307 e. The standard InChI is InChI=1S/C22H39N.C8H7NO4.C2H6/c1-6-13-21(4)16(7-2)8-9-17-19-11-10-18(15(3)23)22(19,5)14-12-20(17)21;10-8(11)5-6-1-3-7(4-2-6)9(12)13;1-2/h16-20,23H,6-14H2,1-5H3;1-4H,5H2,(H,10,11);1-2H3. The van der Waals surface area contributed by atoms with Gasteiger partial charge >= 0.3 is 5.97 Å². The Hall–Kier alpha value is -2.24. The van der Waals surface area contributed by atoms with Crippen molar-refractivity contribution in [3.05, 3.63) is 39.9 Å². The van der Waals surface area contributed by atoms with E-state index in [1.165, 1.54) is 82.1 Å². The zero-order valence-corrected chi connectivity index (χ0v) is 24.9. The van der Waals surface area contributed by atoms with Gasteiger partial charge in [-0.15, -0.1) is 0 Å². The molecule has 0 aromatic heterocycles. The van der Waals surface area contributed by atoms with Crippen LogP contribution >= 0.6 is 0 Å². The number of carboxylic acids is 1. The molecule has 0 bridgehead atoms. The summed E-state index contributed by atoms with van der Waals surface area (Å²) in [5, 5.41) is 26.9. The first-order valence-corrected chi connectivity index (χ1v) is 15.0. The molecule has 1 aromatic carbocycles. The van der Waals surface area contributed by atoms with Gasteiger partial charge in [-0.25, -0.2) is 0 Å². The molecule has 6 heteroatoms. The summed E-state index contributed by atoms with van der Waals surface area (Å²) in [5.41, 5.74) is 2.52. The van der Waals surface area contributed by atoms with Crippen molar-refractivity contribution in [1.82, 2.24) is 0 Å². The summed E-state index contributed by atoms with van der Waals surface area (Å²) < 4.78 is 0. The molecule has 3 fully saturated rings. The molecule has 3 aliphatic rings. The van der Waals surface area contributed by atoms with Crippen molar-refractivity contribution < 1.29 is 14.8 Å². The predicted molar refractivity (Wildman–Crippen MR) is 156 cm³/mol. The first-order chi connectivity index (χ1) is 18.0. The molecule has 1 aromatic rings. The summed E-state index contributed by atoms with van der Waals surface area (Å²) in [6.07, 6.45) is 12.5. The Morgan fingerprint density at radius 2 is 1.68 bits per heavy atom. The van der Waals surface area contributed by atoms with Gasteiger partial charge in [-0.3, -0.25) is 14.9 Å². The van der Waals surface area contributed by atoms with E-state index in [-0.39, 0.29) is 12.1 Å². The lowest BCUT2D eigenvalue weighted by atomic mass is 9.46. The third kappa shape index (κ3) is 6.66. The maximum Gasteiger partial charge on any atom is 0.307 e. The van der Waals surface area contributed by atoms with Crippen LogP contribution in [0.5, 0.6) is 0 Å². The molecule has 7 atom stereocenters. The number of benzene rings is 1. The summed E-state index contributed by atoms with van der Waals surface area (Å²) in [7, 11) is 0. The first kappa shape index (κ1) is 32.0. The van der Waals surface area contributed by atoms with Crippen LogP contribution in [0.15, 0.2) is 24.3 Å². The number of carbonyl (C=O) groups is 1. The monoisotopic (exact) mass is 528 g/mol. The van der Waals surface area contributed by atoms with Gasteiger partial charge in [-0.05, 0) is 91.9 Å². The third-order valence-electron chi connectivity index (χ3n) is 10.4. The Kier molecular flexibility index (Phi) is 11.5. The summed E-state index contributed by atoms with van der Waals surface area (Å²) in [6.45, 7) is 16.1. The summed E-state index contributed by atoms with van der Waals surface area (Å²) in [6, 6.07) is 5.45. The average molecular weight is 529 g/mol. The number of nitrogens with zero attached hydrogens (tertiary/aromatic N) is 1. The minimum absolute atomic E-state index is 0.0332. The van der Waals surface area contributed by atoms with Crippen molar-refractivity contribution in [2.24, 2.45) is 40.4 Å². The number of nitrogens with one attached hydrogen (secondary N) is 1. The van der Waals surface area contributed by atoms with Crippen molar-refractivity contribution in [2.75, 3.05) is 0 Å². The normalized spacial score (nSPS) is 33.4. The third-order valence-corrected chi connectivity index (χ3v) is 10.4. The van der Waals surface area contributed by atoms with Crippen LogP contribution in [0.25, 0.3) is 0 Å². The number of fused-ring (bicyclic) bond motifs is 3. The lowest BCUT2D eigenvalue weighted by Gasteiger charge is -2.59. The van der Waals surface area contributed by atoms with Crippen LogP contribution in [-0.4, -0.2) is 21.7 Å². The van der Waals surface area contributed by atoms with Gasteiger partial charge in [0.1, 0.15) is 0 Å². The molecule has 0 heterocycles. The molecule has 0 amide bonds. The molecule has 0 saturated heterocycles. The second-order valence-corrected chi connectivity index (χ2v) is 12.2. The lowest BCUT2D eigenvalue weighted by Crippen LogP contribution is -2.52. The summed E-state index contributed by atoms with van der Waals surface area (Å²) >= 11 is 0. The van der Waals surface area contributed by atoms with Gasteiger partial charge in [0.25, 0.3) is 5.69 Å². The molecule has 214 valence electrons. The van der Waals surface area contributed by atoms with Gasteiger partial charge in [0.05, 0.1) is 11.3 Å². The fraction of sp³-hybridized carbons (Fsp3) is 0.750. The minimum Gasteiger partial charge on any atom is -0.481 e. The predicted octanol–water partition coefficient (Wildman–Crippen LogP) is 8.96. The number of aliphatic carboxylic acids is 1. The van der Waals surface area contributed by atoms with Gasteiger partial charge in [0.2, 0.25) is 0 Å². The molecule has 38 heavy (non-hydrogen) atoms. The Bertz CT molecular complexity index is 945. The molecule has 0 aliphatic heterocycles. The number of nitro benzene ring substituents is 1. The van der Waals surface area contributed by atoms with Gasteiger partial charge in [0.15, 0.2) is 0 Å². The maximum atomic E-state index is 10.3. The van der Waals surface area contributed by atoms with Crippen molar-refractivity contribution >= 4 is 17.4 Å². The van der Waals surface area contributed by atoms with E-state index in [0.29, 0.717) is 22.3 Å². The highest BCUT2D eigenvalue weighted by Gasteiger charge is 2.59. The first-order valence-electron chi connectivity index (χ1n) is 15.0. The fourth-order valence-corrected chi connectivity index (χ4v) is 8.75. The highest BCUT2D eigenvalue weighted by molar-refractivity contribution is 5.82. The van der Waals surface area contributed by atoms with Crippen molar-refractivity contribution in [1.29, 1.82) is 5.41 Å². The largest absolute Gasteiger partial charge is 0.481 e. The Labute approximate surface area is 230 Å². The summed E-state index contributed by atoms with van der Waals surface area (Å²) in [4.78, 5) is 20.0. The van der Waals surface area contributed by atoms with E-state index < -0.39 is 10.9 Å². The van der Waals surface area contributed by atoms with E-state index in [1.54, 1.807) is 0 Å². The molecular formula is C32H52N2O4. The molecular weight excluding hydrogens is 476 g/mol. The SMILES string of the molecule is CC.CCCC1(C)C(CC)CCC2C1CCC1(C)C(C(C)=N)CCC21.O=C(O)Cc1ccc([N+](=O)[O-])cc1. The van der Waals surface area contributed by atoms with Crippen molar-refractivity contribution in [3.63, 3.8) is 0 Å². The number of non-ortho nitro benzene ring substituents is 1. The maximum absolute atomic E-state index is 10.3. The van der Waals surface area contributed by atoms with Gasteiger partial charge in [0, 0.05) is 23.8 Å². The Morgan fingerprint density at radius 1 is 1.05 bits per heavy atom. The van der Waals surface area contributed by atoms with E-state index in [0.717, 1.165) is 29.4 Å². The van der Waals surface area contributed by atoms with Gasteiger partial charge in [-0.1, -0.05) is 66.5 Å². The molecule has 6 nitrogen and oxygen atoms in total. The molecule has 3 aliphatic carbocycles. The van der Waals surface area contributed by atoms with E-state index in [9.17, 15) is 14.9 Å². The lowest BCUT2D eigenvalue weighted by molar-refractivity contribution is -0.384. The fourth-order valence-electron chi connectivity index (χ4n) is 8.75. The van der Waals surface area contributed by atoms with Crippen LogP contribution in [0.4, 0.5) is 5.69 Å². The molecule has 0 radical (unpaired) electrons. The number of carboxylic acid groups (broad SMARTS) is 1. The van der Waals surface area contributed by atoms with Crippen LogP contribution in [-0.2, 0) is 11.2 Å². The van der Waals surface area contributed by atoms with Crippen LogP contribution < -0.4 is 0 Å². The van der Waals surface area contributed by atoms with Crippen LogP contribution in [0.1, 0.15) is 112 Å². The Morgan fingerprint density at radius 3 is 2.18 bits per heavy atom. The second kappa shape index (κ2) is 13.7. The quantitative estimate of drug-likeness (QED) is 0.209. The molecule has 7 unspecified atom stereocenters. The number of hydrogen-bond donors (Lipinski definition) is 2.